The molecule has 4 nitrogen and oxygen atoms in total. The van der Waals surface area contributed by atoms with Crippen LogP contribution in [0.25, 0.3) is 11.0 Å². The summed E-state index contributed by atoms with van der Waals surface area (Å²) < 4.78 is 4.37. The highest BCUT2D eigenvalue weighted by Gasteiger charge is 2.09. The summed E-state index contributed by atoms with van der Waals surface area (Å²) in [5.74, 6) is 2.10. The van der Waals surface area contributed by atoms with Crippen molar-refractivity contribution in [3.05, 3.63) is 48.3 Å². The second-order valence-electron chi connectivity index (χ2n) is 4.36. The van der Waals surface area contributed by atoms with E-state index in [9.17, 15) is 0 Å². The summed E-state index contributed by atoms with van der Waals surface area (Å²) in [6.45, 7) is 5.89. The molecule has 0 radical (unpaired) electrons. The molecule has 0 N–H and O–H groups in total. The molecule has 0 fully saturated rings. The lowest BCUT2D eigenvalue weighted by Gasteiger charge is -2.08. The molecule has 0 bridgehead atoms. The largest absolute Gasteiger partial charge is 0.334 e. The van der Waals surface area contributed by atoms with Crippen LogP contribution in [-0.4, -0.2) is 19.1 Å². The van der Waals surface area contributed by atoms with E-state index in [1.165, 1.54) is 5.52 Å². The lowest BCUT2D eigenvalue weighted by molar-refractivity contribution is 0.650. The summed E-state index contributed by atoms with van der Waals surface area (Å²) in [5.41, 5.74) is 2.21. The van der Waals surface area contributed by atoms with Gasteiger partial charge in [0.05, 0.1) is 17.6 Å². The fraction of sp³-hybridized carbons (Fsp3) is 0.286. The number of fused-ring (bicyclic) bond motifs is 1. The smallest absolute Gasteiger partial charge is 0.128 e. The third-order valence-electron chi connectivity index (χ3n) is 3.29. The number of benzene rings is 1. The fourth-order valence-electron chi connectivity index (χ4n) is 2.32. The first-order chi connectivity index (χ1) is 8.79. The second-order valence-corrected chi connectivity index (χ2v) is 4.36. The van der Waals surface area contributed by atoms with E-state index in [-0.39, 0.29) is 0 Å². The number of hydrogen-bond acceptors (Lipinski definition) is 2. The van der Waals surface area contributed by atoms with Gasteiger partial charge in [-0.1, -0.05) is 12.1 Å². The molecule has 2 aromatic heterocycles. The molecule has 0 atom stereocenters. The molecule has 0 amide bonds. The number of aryl methyl sites for hydroxylation is 2. The van der Waals surface area contributed by atoms with Crippen LogP contribution >= 0.6 is 0 Å². The van der Waals surface area contributed by atoms with Gasteiger partial charge in [-0.3, -0.25) is 0 Å². The van der Waals surface area contributed by atoms with E-state index >= 15 is 0 Å². The zero-order chi connectivity index (χ0) is 12.5. The monoisotopic (exact) mass is 240 g/mol. The third-order valence-corrected chi connectivity index (χ3v) is 3.29. The molecule has 0 unspecified atom stereocenters. The molecule has 92 valence electrons. The minimum atomic E-state index is 0.771. The number of imidazole rings is 2. The van der Waals surface area contributed by atoms with Gasteiger partial charge in [0.25, 0.3) is 0 Å². The predicted octanol–water partition coefficient (Wildman–Crippen LogP) is 2.61. The van der Waals surface area contributed by atoms with Crippen molar-refractivity contribution in [2.75, 3.05) is 0 Å². The van der Waals surface area contributed by atoms with Crippen LogP contribution in [0, 0.1) is 6.92 Å². The van der Waals surface area contributed by atoms with E-state index in [2.05, 4.69) is 32.1 Å². The lowest BCUT2D eigenvalue weighted by Crippen LogP contribution is -2.08. The van der Waals surface area contributed by atoms with Crippen molar-refractivity contribution in [3.8, 4) is 0 Å². The first-order valence-corrected chi connectivity index (χ1v) is 6.21. The van der Waals surface area contributed by atoms with Gasteiger partial charge in [-0.05, 0) is 26.0 Å². The van der Waals surface area contributed by atoms with Crippen molar-refractivity contribution in [1.82, 2.24) is 19.1 Å². The summed E-state index contributed by atoms with van der Waals surface area (Å²) in [5, 5.41) is 0. The molecule has 0 saturated carbocycles. The van der Waals surface area contributed by atoms with E-state index in [1.54, 1.807) is 0 Å². The Balaban J connectivity index is 2.07. The molecular weight excluding hydrogens is 224 g/mol. The van der Waals surface area contributed by atoms with E-state index in [0.717, 1.165) is 30.3 Å². The van der Waals surface area contributed by atoms with E-state index in [4.69, 9.17) is 0 Å². The number of aromatic nitrogens is 4. The fourth-order valence-corrected chi connectivity index (χ4v) is 2.32. The number of para-hydroxylation sites is 2. The number of nitrogens with zero attached hydrogens (tertiary/aromatic N) is 4. The Morgan fingerprint density at radius 3 is 2.89 bits per heavy atom. The van der Waals surface area contributed by atoms with Crippen LogP contribution in [0.2, 0.25) is 0 Å². The molecule has 18 heavy (non-hydrogen) atoms. The van der Waals surface area contributed by atoms with Crippen LogP contribution in [0.3, 0.4) is 0 Å². The highest BCUT2D eigenvalue weighted by atomic mass is 15.1. The number of rotatable bonds is 3. The van der Waals surface area contributed by atoms with E-state index < -0.39 is 0 Å². The van der Waals surface area contributed by atoms with Crippen molar-refractivity contribution < 1.29 is 0 Å². The molecule has 2 heterocycles. The summed E-state index contributed by atoms with van der Waals surface area (Å²) in [6.07, 6.45) is 3.87. The second kappa shape index (κ2) is 4.29. The highest BCUT2D eigenvalue weighted by molar-refractivity contribution is 5.75. The summed E-state index contributed by atoms with van der Waals surface area (Å²) in [4.78, 5) is 9.00. The Hall–Kier alpha value is -2.10. The standard InChI is InChI=1S/C14H16N4/c1-3-17-9-8-15-14(17)10-18-11(2)16-12-6-4-5-7-13(12)18/h4-9H,3,10H2,1-2H3. The lowest BCUT2D eigenvalue weighted by atomic mass is 10.3. The zero-order valence-corrected chi connectivity index (χ0v) is 10.7. The Labute approximate surface area is 106 Å². The van der Waals surface area contributed by atoms with Crippen molar-refractivity contribution in [2.45, 2.75) is 26.9 Å². The Morgan fingerprint density at radius 1 is 1.22 bits per heavy atom. The minimum Gasteiger partial charge on any atom is -0.334 e. The first-order valence-electron chi connectivity index (χ1n) is 6.21. The van der Waals surface area contributed by atoms with Crippen LogP contribution in [-0.2, 0) is 13.1 Å². The Morgan fingerprint density at radius 2 is 2.06 bits per heavy atom. The van der Waals surface area contributed by atoms with E-state index in [1.807, 2.05) is 37.5 Å². The van der Waals surface area contributed by atoms with E-state index in [0.29, 0.717) is 0 Å². The normalized spacial score (nSPS) is 11.2. The van der Waals surface area contributed by atoms with Gasteiger partial charge in [-0.15, -0.1) is 0 Å². The third kappa shape index (κ3) is 1.70. The van der Waals surface area contributed by atoms with Gasteiger partial charge in [0, 0.05) is 18.9 Å². The maximum atomic E-state index is 4.58. The molecule has 4 heteroatoms. The van der Waals surface area contributed by atoms with Crippen LogP contribution in [0.4, 0.5) is 0 Å². The average molecular weight is 240 g/mol. The highest BCUT2D eigenvalue weighted by Crippen LogP contribution is 2.16. The van der Waals surface area contributed by atoms with Crippen LogP contribution in [0.5, 0.6) is 0 Å². The molecule has 0 aliphatic carbocycles. The SMILES string of the molecule is CCn1ccnc1Cn1c(C)nc2ccccc21. The average Bonchev–Trinajstić information content (AvgIpc) is 2.95. The van der Waals surface area contributed by atoms with Crippen LogP contribution < -0.4 is 0 Å². The van der Waals surface area contributed by atoms with Gasteiger partial charge in [0.2, 0.25) is 0 Å². The molecule has 0 aliphatic heterocycles. The van der Waals surface area contributed by atoms with Crippen molar-refractivity contribution in [1.29, 1.82) is 0 Å². The van der Waals surface area contributed by atoms with Gasteiger partial charge in [0.15, 0.2) is 0 Å². The van der Waals surface area contributed by atoms with Crippen molar-refractivity contribution in [2.24, 2.45) is 0 Å². The molecule has 0 aliphatic rings. The quantitative estimate of drug-likeness (QED) is 0.705. The number of hydrogen-bond donors (Lipinski definition) is 0. The first kappa shape index (κ1) is 11.0. The molecule has 3 aromatic rings. The molecule has 0 spiro atoms. The Kier molecular flexibility index (Phi) is 2.63. The maximum absolute atomic E-state index is 4.58. The van der Waals surface area contributed by atoms with Gasteiger partial charge >= 0.3 is 0 Å². The Bertz CT molecular complexity index is 678. The van der Waals surface area contributed by atoms with Gasteiger partial charge in [0.1, 0.15) is 11.6 Å². The minimum absolute atomic E-state index is 0.771. The molecular formula is C14H16N4. The molecule has 0 saturated heterocycles. The summed E-state index contributed by atoms with van der Waals surface area (Å²) in [7, 11) is 0. The summed E-state index contributed by atoms with van der Waals surface area (Å²) in [6, 6.07) is 8.22. The van der Waals surface area contributed by atoms with Gasteiger partial charge < -0.3 is 9.13 Å². The predicted molar refractivity (Wildman–Crippen MR) is 71.5 cm³/mol. The topological polar surface area (TPSA) is 35.6 Å². The maximum Gasteiger partial charge on any atom is 0.128 e. The molecule has 3 rings (SSSR count). The van der Waals surface area contributed by atoms with Crippen molar-refractivity contribution >= 4 is 11.0 Å². The van der Waals surface area contributed by atoms with Crippen LogP contribution in [0.1, 0.15) is 18.6 Å². The van der Waals surface area contributed by atoms with Crippen LogP contribution in [0.15, 0.2) is 36.7 Å². The van der Waals surface area contributed by atoms with Gasteiger partial charge in [-0.2, -0.15) is 0 Å². The van der Waals surface area contributed by atoms with Crippen molar-refractivity contribution in [3.63, 3.8) is 0 Å². The van der Waals surface area contributed by atoms with Gasteiger partial charge in [-0.25, -0.2) is 9.97 Å². The zero-order valence-electron chi connectivity index (χ0n) is 10.7. The molecule has 1 aromatic carbocycles. The summed E-state index contributed by atoms with van der Waals surface area (Å²) >= 11 is 0.